The number of barbiturate groups is 1. The predicted molar refractivity (Wildman–Crippen MR) is 124 cm³/mol. The molecule has 0 saturated carbocycles. The van der Waals surface area contributed by atoms with Gasteiger partial charge >= 0.3 is 6.03 Å². The molecule has 0 unspecified atom stereocenters. The second kappa shape index (κ2) is 9.65. The van der Waals surface area contributed by atoms with Crippen molar-refractivity contribution in [3.8, 4) is 11.5 Å². The molecule has 1 fully saturated rings. The molecule has 0 aliphatic carbocycles. The zero-order valence-electron chi connectivity index (χ0n) is 17.8. The van der Waals surface area contributed by atoms with Crippen molar-refractivity contribution < 1.29 is 29.2 Å². The van der Waals surface area contributed by atoms with Gasteiger partial charge in [0.1, 0.15) is 17.9 Å². The third-order valence-electron chi connectivity index (χ3n) is 5.01. The number of benzene rings is 3. The van der Waals surface area contributed by atoms with Gasteiger partial charge in [-0.05, 0) is 59.4 Å². The van der Waals surface area contributed by atoms with Crippen LogP contribution in [0.2, 0.25) is 5.02 Å². The summed E-state index contributed by atoms with van der Waals surface area (Å²) in [7, 11) is 0. The van der Waals surface area contributed by atoms with Crippen LogP contribution in [0.4, 0.5) is 16.2 Å². The Bertz CT molecular complexity index is 1370. The minimum atomic E-state index is -0.965. The smallest absolute Gasteiger partial charge is 0.335 e. The standard InChI is InChI=1S/C24H16ClN3O7/c25-16-4-1-14(2-5-16)13-35-18-8-6-17(7-9-18)27-23(31)19(22(30)26-24(27)32)11-15-3-10-21(29)20(12-15)28(33)34/h1-12,29H,13H2,(H,26,30,32)/p-1/b19-11+. The first-order valence-electron chi connectivity index (χ1n) is 10.1. The predicted octanol–water partition coefficient (Wildman–Crippen LogP) is 3.57. The van der Waals surface area contributed by atoms with Crippen LogP contribution < -0.4 is 20.1 Å². The minimum absolute atomic E-state index is 0.0787. The number of urea groups is 1. The number of halogens is 1. The van der Waals surface area contributed by atoms with Crippen LogP contribution >= 0.6 is 11.6 Å². The van der Waals surface area contributed by atoms with Crippen molar-refractivity contribution in [1.29, 1.82) is 0 Å². The molecule has 0 spiro atoms. The van der Waals surface area contributed by atoms with E-state index in [4.69, 9.17) is 16.3 Å². The zero-order chi connectivity index (χ0) is 25.1. The van der Waals surface area contributed by atoms with Crippen LogP contribution in [0.25, 0.3) is 6.08 Å². The lowest BCUT2D eigenvalue weighted by atomic mass is 10.1. The minimum Gasteiger partial charge on any atom is -0.868 e. The third kappa shape index (κ3) is 5.12. The van der Waals surface area contributed by atoms with E-state index < -0.39 is 39.8 Å². The summed E-state index contributed by atoms with van der Waals surface area (Å²) in [6.45, 7) is 0.273. The summed E-state index contributed by atoms with van der Waals surface area (Å²) in [5.41, 5.74) is 0.00836. The molecule has 3 aromatic carbocycles. The Labute approximate surface area is 203 Å². The van der Waals surface area contributed by atoms with Gasteiger partial charge in [-0.2, -0.15) is 0 Å². The molecule has 35 heavy (non-hydrogen) atoms. The molecule has 1 N–H and O–H groups in total. The van der Waals surface area contributed by atoms with Gasteiger partial charge in [-0.25, -0.2) is 9.69 Å². The molecule has 1 aliphatic rings. The molecule has 1 heterocycles. The second-order valence-corrected chi connectivity index (χ2v) is 7.79. The number of rotatable bonds is 6. The summed E-state index contributed by atoms with van der Waals surface area (Å²) in [4.78, 5) is 48.6. The zero-order valence-corrected chi connectivity index (χ0v) is 18.5. The van der Waals surface area contributed by atoms with Crippen LogP contribution in [0, 0.1) is 10.1 Å². The number of nitrogens with one attached hydrogen (secondary N) is 1. The van der Waals surface area contributed by atoms with E-state index in [-0.39, 0.29) is 17.9 Å². The number of hydrogen-bond acceptors (Lipinski definition) is 7. The molecule has 10 nitrogen and oxygen atoms in total. The molecule has 0 bridgehead atoms. The fourth-order valence-corrected chi connectivity index (χ4v) is 3.39. The largest absolute Gasteiger partial charge is 0.868 e. The number of nitro groups is 1. The first kappa shape index (κ1) is 23.5. The van der Waals surface area contributed by atoms with Gasteiger partial charge in [-0.1, -0.05) is 35.9 Å². The summed E-state index contributed by atoms with van der Waals surface area (Å²) >= 11 is 5.86. The van der Waals surface area contributed by atoms with E-state index >= 15 is 0 Å². The highest BCUT2D eigenvalue weighted by Crippen LogP contribution is 2.28. The Morgan fingerprint density at radius 3 is 2.34 bits per heavy atom. The van der Waals surface area contributed by atoms with Gasteiger partial charge in [0.2, 0.25) is 0 Å². The van der Waals surface area contributed by atoms with E-state index in [0.717, 1.165) is 28.7 Å². The van der Waals surface area contributed by atoms with Crippen molar-refractivity contribution in [2.75, 3.05) is 4.90 Å². The Balaban J connectivity index is 1.55. The number of ether oxygens (including phenoxy) is 1. The van der Waals surface area contributed by atoms with Crippen LogP contribution in [-0.2, 0) is 16.2 Å². The van der Waals surface area contributed by atoms with Gasteiger partial charge in [0, 0.05) is 11.1 Å². The molecule has 11 heteroatoms. The summed E-state index contributed by atoms with van der Waals surface area (Å²) in [5, 5.41) is 25.3. The Morgan fingerprint density at radius 1 is 1.00 bits per heavy atom. The van der Waals surface area contributed by atoms with Gasteiger partial charge in [0.25, 0.3) is 17.5 Å². The average Bonchev–Trinajstić information content (AvgIpc) is 2.83. The maximum Gasteiger partial charge on any atom is 0.335 e. The molecule has 176 valence electrons. The summed E-state index contributed by atoms with van der Waals surface area (Å²) in [5.74, 6) is -2.23. The molecule has 0 radical (unpaired) electrons. The summed E-state index contributed by atoms with van der Waals surface area (Å²) in [6.07, 6.45) is 1.08. The maximum absolute atomic E-state index is 13.0. The number of imide groups is 2. The van der Waals surface area contributed by atoms with Crippen LogP contribution in [0.15, 0.2) is 72.3 Å². The van der Waals surface area contributed by atoms with Crippen molar-refractivity contribution >= 4 is 46.9 Å². The molecule has 1 aliphatic heterocycles. The van der Waals surface area contributed by atoms with E-state index in [1.54, 1.807) is 24.3 Å². The van der Waals surface area contributed by atoms with Crippen molar-refractivity contribution in [2.24, 2.45) is 0 Å². The van der Waals surface area contributed by atoms with Crippen molar-refractivity contribution in [2.45, 2.75) is 6.61 Å². The number of carbonyl (C=O) groups is 3. The lowest BCUT2D eigenvalue weighted by Crippen LogP contribution is -2.54. The Morgan fingerprint density at radius 2 is 1.69 bits per heavy atom. The molecule has 0 aromatic heterocycles. The molecule has 0 atom stereocenters. The van der Waals surface area contributed by atoms with Crippen LogP contribution in [-0.4, -0.2) is 22.8 Å². The maximum atomic E-state index is 13.0. The lowest BCUT2D eigenvalue weighted by Gasteiger charge is -2.26. The number of amides is 4. The van der Waals surface area contributed by atoms with E-state index in [9.17, 15) is 29.6 Å². The fraction of sp³-hybridized carbons (Fsp3) is 0.0417. The molecule has 4 amide bonds. The van der Waals surface area contributed by atoms with E-state index in [2.05, 4.69) is 5.32 Å². The SMILES string of the molecule is O=C1NC(=O)N(c2ccc(OCc3ccc(Cl)cc3)cc2)C(=O)/C1=C/c1ccc([O-])c([N+](=O)[O-])c1. The number of anilines is 1. The highest BCUT2D eigenvalue weighted by atomic mass is 35.5. The monoisotopic (exact) mass is 492 g/mol. The lowest BCUT2D eigenvalue weighted by molar-refractivity contribution is -0.398. The van der Waals surface area contributed by atoms with Crippen molar-refractivity contribution in [1.82, 2.24) is 5.32 Å². The number of nitrogens with zero attached hydrogens (tertiary/aromatic N) is 2. The Kier molecular flexibility index (Phi) is 6.47. The number of nitro benzene ring substituents is 1. The van der Waals surface area contributed by atoms with Gasteiger partial charge < -0.3 is 9.84 Å². The van der Waals surface area contributed by atoms with Crippen LogP contribution in [0.5, 0.6) is 11.5 Å². The van der Waals surface area contributed by atoms with Crippen molar-refractivity contribution in [3.05, 3.63) is 98.6 Å². The van der Waals surface area contributed by atoms with Gasteiger partial charge in [-0.3, -0.25) is 25.0 Å². The second-order valence-electron chi connectivity index (χ2n) is 7.35. The summed E-state index contributed by atoms with van der Waals surface area (Å²) < 4.78 is 5.69. The topological polar surface area (TPSA) is 142 Å². The third-order valence-corrected chi connectivity index (χ3v) is 5.26. The summed E-state index contributed by atoms with van der Waals surface area (Å²) in [6, 6.07) is 15.4. The van der Waals surface area contributed by atoms with Crippen LogP contribution in [0.1, 0.15) is 11.1 Å². The molecule has 3 aromatic rings. The fourth-order valence-electron chi connectivity index (χ4n) is 3.26. The average molecular weight is 493 g/mol. The Hall–Kier alpha value is -4.70. The van der Waals surface area contributed by atoms with Gasteiger partial charge in [0.05, 0.1) is 10.6 Å². The molecular weight excluding hydrogens is 478 g/mol. The van der Waals surface area contributed by atoms with E-state index in [0.29, 0.717) is 10.8 Å². The molecule has 1 saturated heterocycles. The number of hydrogen-bond donors (Lipinski definition) is 1. The highest BCUT2D eigenvalue weighted by molar-refractivity contribution is 6.39. The number of carbonyl (C=O) groups excluding carboxylic acids is 3. The first-order chi connectivity index (χ1) is 16.7. The normalized spacial score (nSPS) is 14.7. The molecular formula is C24H15ClN3O7-. The van der Waals surface area contributed by atoms with E-state index in [1.807, 2.05) is 12.1 Å². The van der Waals surface area contributed by atoms with Gasteiger partial charge in [-0.15, -0.1) is 0 Å². The first-order valence-corrected chi connectivity index (χ1v) is 10.4. The van der Waals surface area contributed by atoms with E-state index in [1.165, 1.54) is 18.2 Å². The van der Waals surface area contributed by atoms with Gasteiger partial charge in [0.15, 0.2) is 0 Å². The molecule has 4 rings (SSSR count). The quantitative estimate of drug-likeness (QED) is 0.240. The highest BCUT2D eigenvalue weighted by Gasteiger charge is 2.36. The van der Waals surface area contributed by atoms with Crippen LogP contribution in [0.3, 0.4) is 0 Å². The van der Waals surface area contributed by atoms with Crippen molar-refractivity contribution in [3.63, 3.8) is 0 Å².